The normalized spacial score (nSPS) is 12.9. The summed E-state index contributed by atoms with van der Waals surface area (Å²) in [5.41, 5.74) is 4.10. The first kappa shape index (κ1) is 23.0. The Labute approximate surface area is 195 Å². The summed E-state index contributed by atoms with van der Waals surface area (Å²) in [7, 11) is 0. The summed E-state index contributed by atoms with van der Waals surface area (Å²) in [5, 5.41) is 14.0. The summed E-state index contributed by atoms with van der Waals surface area (Å²) in [4.78, 5) is 36.4. The number of nitrogens with one attached hydrogen (secondary N) is 2. The van der Waals surface area contributed by atoms with Crippen molar-refractivity contribution in [3.63, 3.8) is 0 Å². The Hall–Kier alpha value is -4.20. The molecule has 1 unspecified atom stereocenters. The number of anilines is 1. The van der Waals surface area contributed by atoms with Crippen LogP contribution < -0.4 is 10.6 Å². The number of amides is 2. The third-order valence-electron chi connectivity index (χ3n) is 5.82. The van der Waals surface area contributed by atoms with Gasteiger partial charge in [-0.1, -0.05) is 55.5 Å². The van der Waals surface area contributed by atoms with Crippen molar-refractivity contribution in [3.05, 3.63) is 89.2 Å². The molecule has 174 valence electrons. The summed E-state index contributed by atoms with van der Waals surface area (Å²) in [5.74, 6) is -2.87. The average Bonchev–Trinajstić information content (AvgIpc) is 3.15. The fourth-order valence-corrected chi connectivity index (χ4v) is 4.13. The highest BCUT2D eigenvalue weighted by Crippen LogP contribution is 2.44. The Bertz CT molecular complexity index is 1210. The monoisotopic (exact) mass is 462 g/mol. The number of fused-ring (bicyclic) bond motifs is 3. The zero-order valence-electron chi connectivity index (χ0n) is 18.4. The Kier molecular flexibility index (Phi) is 6.58. The second kappa shape index (κ2) is 9.74. The van der Waals surface area contributed by atoms with Crippen molar-refractivity contribution in [1.29, 1.82) is 0 Å². The highest BCUT2D eigenvalue weighted by atomic mass is 19.1. The topological polar surface area (TPSA) is 105 Å². The van der Waals surface area contributed by atoms with E-state index in [0.29, 0.717) is 0 Å². The lowest BCUT2D eigenvalue weighted by Crippen LogP contribution is -2.40. The summed E-state index contributed by atoms with van der Waals surface area (Å²) in [6.07, 6.45) is -0.668. The van der Waals surface area contributed by atoms with Gasteiger partial charge in [0.2, 0.25) is 0 Å². The first-order chi connectivity index (χ1) is 16.4. The molecule has 2 amide bonds. The zero-order chi connectivity index (χ0) is 24.2. The standard InChI is InChI=1S/C26H23FN2O5/c1-2-22(25(31)32)28-24(30)20-13-15(27)11-12-23(20)29-26(33)34-14-21-18-9-5-3-7-16(18)17-8-4-6-10-19(17)21/h3-13,21-22H,2,14H2,1H3,(H,28,30)(H,29,33)(H,31,32). The van der Waals surface area contributed by atoms with Gasteiger partial charge in [0.25, 0.3) is 5.91 Å². The third-order valence-corrected chi connectivity index (χ3v) is 5.82. The molecule has 0 saturated heterocycles. The molecule has 3 aromatic rings. The van der Waals surface area contributed by atoms with Gasteiger partial charge in [0.1, 0.15) is 18.5 Å². The number of rotatable bonds is 7. The van der Waals surface area contributed by atoms with Crippen molar-refractivity contribution < 1.29 is 28.6 Å². The number of carboxylic acid groups (broad SMARTS) is 1. The third kappa shape index (κ3) is 4.61. The zero-order valence-corrected chi connectivity index (χ0v) is 18.4. The molecule has 0 saturated carbocycles. The molecule has 3 aromatic carbocycles. The van der Waals surface area contributed by atoms with E-state index >= 15 is 0 Å². The molecule has 0 bridgehead atoms. The van der Waals surface area contributed by atoms with Gasteiger partial charge < -0.3 is 15.2 Å². The number of halogens is 1. The lowest BCUT2D eigenvalue weighted by Gasteiger charge is -2.17. The smallest absolute Gasteiger partial charge is 0.411 e. The second-order valence-corrected chi connectivity index (χ2v) is 7.91. The van der Waals surface area contributed by atoms with Crippen LogP contribution in [0.3, 0.4) is 0 Å². The minimum absolute atomic E-state index is 0.0105. The van der Waals surface area contributed by atoms with Crippen molar-refractivity contribution in [3.8, 4) is 11.1 Å². The fourth-order valence-electron chi connectivity index (χ4n) is 4.13. The molecule has 4 rings (SSSR count). The van der Waals surface area contributed by atoms with E-state index in [1.165, 1.54) is 6.07 Å². The largest absolute Gasteiger partial charge is 0.480 e. The van der Waals surface area contributed by atoms with E-state index < -0.39 is 29.8 Å². The Morgan fingerprint density at radius 1 is 1.00 bits per heavy atom. The van der Waals surface area contributed by atoms with Crippen LogP contribution in [-0.2, 0) is 9.53 Å². The summed E-state index contributed by atoms with van der Waals surface area (Å²) in [6, 6.07) is 17.9. The molecule has 1 aliphatic carbocycles. The molecule has 0 fully saturated rings. The van der Waals surface area contributed by atoms with Crippen LogP contribution in [0.25, 0.3) is 11.1 Å². The highest BCUT2D eigenvalue weighted by Gasteiger charge is 2.29. The molecular formula is C26H23FN2O5. The van der Waals surface area contributed by atoms with Crippen molar-refractivity contribution in [2.45, 2.75) is 25.3 Å². The maximum atomic E-state index is 13.8. The van der Waals surface area contributed by atoms with Gasteiger partial charge in [0.05, 0.1) is 11.3 Å². The van der Waals surface area contributed by atoms with Gasteiger partial charge in [-0.15, -0.1) is 0 Å². The minimum atomic E-state index is -1.21. The van der Waals surface area contributed by atoms with Gasteiger partial charge in [0.15, 0.2) is 0 Å². The first-order valence-corrected chi connectivity index (χ1v) is 10.8. The molecule has 0 radical (unpaired) electrons. The molecule has 0 heterocycles. The maximum absolute atomic E-state index is 13.8. The number of carbonyl (C=O) groups is 3. The van der Waals surface area contributed by atoms with Crippen LogP contribution in [0.5, 0.6) is 0 Å². The average molecular weight is 462 g/mol. The van der Waals surface area contributed by atoms with E-state index in [2.05, 4.69) is 10.6 Å². The van der Waals surface area contributed by atoms with E-state index in [0.717, 1.165) is 34.4 Å². The Morgan fingerprint density at radius 3 is 2.21 bits per heavy atom. The molecule has 8 heteroatoms. The lowest BCUT2D eigenvalue weighted by molar-refractivity contribution is -0.139. The van der Waals surface area contributed by atoms with Gasteiger partial charge in [-0.25, -0.2) is 14.0 Å². The molecule has 1 atom stereocenters. The van der Waals surface area contributed by atoms with Crippen LogP contribution in [0.1, 0.15) is 40.7 Å². The van der Waals surface area contributed by atoms with E-state index in [1.807, 2.05) is 48.5 Å². The van der Waals surface area contributed by atoms with E-state index in [-0.39, 0.29) is 30.2 Å². The molecule has 3 N–H and O–H groups in total. The molecular weight excluding hydrogens is 439 g/mol. The van der Waals surface area contributed by atoms with E-state index in [4.69, 9.17) is 4.74 Å². The second-order valence-electron chi connectivity index (χ2n) is 7.91. The lowest BCUT2D eigenvalue weighted by atomic mass is 9.98. The molecule has 1 aliphatic rings. The highest BCUT2D eigenvalue weighted by molar-refractivity contribution is 6.03. The SMILES string of the molecule is CCC(NC(=O)c1cc(F)ccc1NC(=O)OCC1c2ccccc2-c2ccccc21)C(=O)O. The van der Waals surface area contributed by atoms with Gasteiger partial charge in [-0.3, -0.25) is 10.1 Å². The quantitative estimate of drug-likeness (QED) is 0.469. The van der Waals surface area contributed by atoms with Crippen LogP contribution in [-0.4, -0.2) is 35.7 Å². The van der Waals surface area contributed by atoms with E-state index in [1.54, 1.807) is 6.92 Å². The molecule has 0 aromatic heterocycles. The van der Waals surface area contributed by atoms with Crippen LogP contribution in [0.15, 0.2) is 66.7 Å². The number of hydrogen-bond donors (Lipinski definition) is 3. The number of ether oxygens (including phenoxy) is 1. The number of benzene rings is 3. The Balaban J connectivity index is 1.48. The summed E-state index contributed by atoms with van der Waals surface area (Å²) >= 11 is 0. The molecule has 0 aliphatic heterocycles. The molecule has 7 nitrogen and oxygen atoms in total. The Morgan fingerprint density at radius 2 is 1.62 bits per heavy atom. The minimum Gasteiger partial charge on any atom is -0.480 e. The van der Waals surface area contributed by atoms with Crippen LogP contribution >= 0.6 is 0 Å². The van der Waals surface area contributed by atoms with Crippen molar-refractivity contribution in [2.24, 2.45) is 0 Å². The number of aliphatic carboxylic acids is 1. The maximum Gasteiger partial charge on any atom is 0.411 e. The predicted molar refractivity (Wildman–Crippen MR) is 124 cm³/mol. The van der Waals surface area contributed by atoms with Crippen LogP contribution in [0.4, 0.5) is 14.9 Å². The van der Waals surface area contributed by atoms with Crippen molar-refractivity contribution >= 4 is 23.7 Å². The first-order valence-electron chi connectivity index (χ1n) is 10.8. The fraction of sp³-hybridized carbons (Fsp3) is 0.192. The number of carbonyl (C=O) groups excluding carboxylic acids is 2. The molecule has 0 spiro atoms. The molecule has 34 heavy (non-hydrogen) atoms. The van der Waals surface area contributed by atoms with Crippen LogP contribution in [0, 0.1) is 5.82 Å². The van der Waals surface area contributed by atoms with Crippen molar-refractivity contribution in [2.75, 3.05) is 11.9 Å². The summed E-state index contributed by atoms with van der Waals surface area (Å²) < 4.78 is 19.3. The van der Waals surface area contributed by atoms with Gasteiger partial charge >= 0.3 is 12.1 Å². The van der Waals surface area contributed by atoms with E-state index in [9.17, 15) is 23.9 Å². The van der Waals surface area contributed by atoms with Gasteiger partial charge in [-0.05, 0) is 46.9 Å². The number of hydrogen-bond acceptors (Lipinski definition) is 4. The predicted octanol–water partition coefficient (Wildman–Crippen LogP) is 4.78. The van der Waals surface area contributed by atoms with Gasteiger partial charge in [0, 0.05) is 5.92 Å². The van der Waals surface area contributed by atoms with Crippen molar-refractivity contribution in [1.82, 2.24) is 5.32 Å². The van der Waals surface area contributed by atoms with Gasteiger partial charge in [-0.2, -0.15) is 0 Å². The number of carboxylic acids is 1. The van der Waals surface area contributed by atoms with Crippen LogP contribution in [0.2, 0.25) is 0 Å². The summed E-state index contributed by atoms with van der Waals surface area (Å²) in [6.45, 7) is 1.67.